The molecule has 0 aromatic carbocycles. The lowest BCUT2D eigenvalue weighted by molar-refractivity contribution is -0.128. The fraction of sp³-hybridized carbons (Fsp3) is 0.588. The van der Waals surface area contributed by atoms with Crippen LogP contribution in [0.2, 0.25) is 0 Å². The first kappa shape index (κ1) is 19.0. The number of aryl methyl sites for hydroxylation is 2. The highest BCUT2D eigenvalue weighted by molar-refractivity contribution is 7.99. The molecule has 2 heterocycles. The van der Waals surface area contributed by atoms with Crippen molar-refractivity contribution < 1.29 is 4.79 Å². The van der Waals surface area contributed by atoms with Crippen molar-refractivity contribution in [3.05, 3.63) is 26.6 Å². The highest BCUT2D eigenvalue weighted by Crippen LogP contribution is 2.26. The van der Waals surface area contributed by atoms with E-state index in [9.17, 15) is 9.59 Å². The molecule has 0 atom stereocenters. The molecule has 7 heteroatoms. The number of hydrogen-bond acceptors (Lipinski definition) is 5. The van der Waals surface area contributed by atoms with Crippen LogP contribution in [0.5, 0.6) is 0 Å². The monoisotopic (exact) mass is 367 g/mol. The van der Waals surface area contributed by atoms with Crippen molar-refractivity contribution in [3.63, 3.8) is 0 Å². The second-order valence-corrected chi connectivity index (χ2v) is 8.04. The maximum atomic E-state index is 12.3. The van der Waals surface area contributed by atoms with Crippen molar-refractivity contribution >= 4 is 39.2 Å². The van der Waals surface area contributed by atoms with Crippen LogP contribution in [0.25, 0.3) is 10.2 Å². The summed E-state index contributed by atoms with van der Waals surface area (Å²) < 4.78 is 0. The number of nitrogens with one attached hydrogen (secondary N) is 1. The SMILES string of the molecule is CCCN(CCC)C(=O)CSCc1nc2sc(C)c(C)c2c(=O)[nH]1. The number of rotatable bonds is 8. The number of hydrogen-bond donors (Lipinski definition) is 1. The minimum absolute atomic E-state index is 0.0811. The maximum Gasteiger partial charge on any atom is 0.259 e. The predicted molar refractivity (Wildman–Crippen MR) is 103 cm³/mol. The molecule has 0 radical (unpaired) electrons. The van der Waals surface area contributed by atoms with Gasteiger partial charge in [0.15, 0.2) is 0 Å². The Bertz CT molecular complexity index is 761. The van der Waals surface area contributed by atoms with Crippen molar-refractivity contribution in [2.45, 2.75) is 46.3 Å². The summed E-state index contributed by atoms with van der Waals surface area (Å²) in [6.45, 7) is 9.73. The van der Waals surface area contributed by atoms with Gasteiger partial charge in [0.25, 0.3) is 5.56 Å². The third-order valence-corrected chi connectivity index (χ3v) is 5.92. The molecule has 1 N–H and O–H groups in total. The van der Waals surface area contributed by atoms with Gasteiger partial charge in [0.2, 0.25) is 5.91 Å². The highest BCUT2D eigenvalue weighted by Gasteiger charge is 2.14. The van der Waals surface area contributed by atoms with Crippen molar-refractivity contribution in [2.24, 2.45) is 0 Å². The van der Waals surface area contributed by atoms with E-state index in [1.165, 1.54) is 11.8 Å². The van der Waals surface area contributed by atoms with E-state index in [4.69, 9.17) is 0 Å². The molecule has 5 nitrogen and oxygen atoms in total. The normalized spacial score (nSPS) is 11.2. The number of thioether (sulfide) groups is 1. The Kier molecular flexibility index (Phi) is 6.86. The summed E-state index contributed by atoms with van der Waals surface area (Å²) in [5, 5.41) is 0.694. The van der Waals surface area contributed by atoms with E-state index in [0.29, 0.717) is 22.7 Å². The Morgan fingerprint density at radius 2 is 1.92 bits per heavy atom. The van der Waals surface area contributed by atoms with Gasteiger partial charge in [-0.05, 0) is 32.3 Å². The largest absolute Gasteiger partial charge is 0.342 e. The molecular formula is C17H25N3O2S2. The Balaban J connectivity index is 2.01. The zero-order valence-electron chi connectivity index (χ0n) is 14.8. The number of H-pyrrole nitrogens is 1. The first-order chi connectivity index (χ1) is 11.5. The van der Waals surface area contributed by atoms with E-state index in [1.54, 1.807) is 11.3 Å². The second kappa shape index (κ2) is 8.67. The number of amides is 1. The molecule has 0 aliphatic carbocycles. The quantitative estimate of drug-likeness (QED) is 0.776. The Morgan fingerprint density at radius 3 is 2.54 bits per heavy atom. The van der Waals surface area contributed by atoms with Crippen molar-refractivity contribution in [1.82, 2.24) is 14.9 Å². The standard InChI is InChI=1S/C17H25N3O2S2/c1-5-7-20(8-6-2)14(21)10-23-9-13-18-16(22)15-11(3)12(4)24-17(15)19-13/h5-10H2,1-4H3,(H,18,19,22). The number of aromatic nitrogens is 2. The molecule has 0 aliphatic heterocycles. The minimum Gasteiger partial charge on any atom is -0.342 e. The molecule has 0 saturated carbocycles. The first-order valence-corrected chi connectivity index (χ1v) is 10.3. The molecule has 0 fully saturated rings. The predicted octanol–water partition coefficient (Wildman–Crippen LogP) is 3.48. The highest BCUT2D eigenvalue weighted by atomic mass is 32.2. The van der Waals surface area contributed by atoms with Gasteiger partial charge in [-0.2, -0.15) is 0 Å². The van der Waals surface area contributed by atoms with E-state index in [0.717, 1.165) is 41.2 Å². The lowest BCUT2D eigenvalue weighted by atomic mass is 10.2. The van der Waals surface area contributed by atoms with Crippen LogP contribution in [0.1, 0.15) is 43.0 Å². The van der Waals surface area contributed by atoms with Gasteiger partial charge >= 0.3 is 0 Å². The topological polar surface area (TPSA) is 66.1 Å². The van der Waals surface area contributed by atoms with E-state index in [2.05, 4.69) is 23.8 Å². The molecule has 1 amide bonds. The molecule has 0 unspecified atom stereocenters. The first-order valence-electron chi connectivity index (χ1n) is 8.32. The lowest BCUT2D eigenvalue weighted by Gasteiger charge is -2.21. The molecule has 0 bridgehead atoms. The molecule has 24 heavy (non-hydrogen) atoms. The van der Waals surface area contributed by atoms with Gasteiger partial charge in [-0.15, -0.1) is 23.1 Å². The molecule has 2 rings (SSSR count). The molecule has 2 aromatic rings. The van der Waals surface area contributed by atoms with Crippen molar-refractivity contribution in [2.75, 3.05) is 18.8 Å². The Labute approximate surface area is 150 Å². The number of thiophene rings is 1. The number of fused-ring (bicyclic) bond motifs is 1. The third kappa shape index (κ3) is 4.39. The molecular weight excluding hydrogens is 342 g/mol. The minimum atomic E-state index is -0.0811. The number of aromatic amines is 1. The van der Waals surface area contributed by atoms with Gasteiger partial charge in [0.05, 0.1) is 16.9 Å². The summed E-state index contributed by atoms with van der Waals surface area (Å²) in [6, 6.07) is 0. The number of carbonyl (C=O) groups is 1. The number of carbonyl (C=O) groups excluding carboxylic acids is 1. The molecule has 2 aromatic heterocycles. The van der Waals surface area contributed by atoms with Crippen LogP contribution in [0, 0.1) is 13.8 Å². The third-order valence-electron chi connectivity index (χ3n) is 3.89. The summed E-state index contributed by atoms with van der Waals surface area (Å²) in [4.78, 5) is 35.7. The molecule has 0 spiro atoms. The maximum absolute atomic E-state index is 12.3. The summed E-state index contributed by atoms with van der Waals surface area (Å²) in [7, 11) is 0. The van der Waals surface area contributed by atoms with Gasteiger partial charge in [0, 0.05) is 18.0 Å². The van der Waals surface area contributed by atoms with Crippen molar-refractivity contribution in [1.29, 1.82) is 0 Å². The smallest absolute Gasteiger partial charge is 0.259 e. The van der Waals surface area contributed by atoms with Gasteiger partial charge in [-0.1, -0.05) is 13.8 Å². The van der Waals surface area contributed by atoms with E-state index < -0.39 is 0 Å². The number of nitrogens with zero attached hydrogens (tertiary/aromatic N) is 2. The van der Waals surface area contributed by atoms with Gasteiger partial charge in [-0.3, -0.25) is 9.59 Å². The van der Waals surface area contributed by atoms with Gasteiger partial charge in [-0.25, -0.2) is 4.98 Å². The van der Waals surface area contributed by atoms with Gasteiger partial charge < -0.3 is 9.88 Å². The second-order valence-electron chi connectivity index (χ2n) is 5.85. The summed E-state index contributed by atoms with van der Waals surface area (Å²) in [5.41, 5.74) is 0.926. The van der Waals surface area contributed by atoms with E-state index in [1.807, 2.05) is 18.7 Å². The van der Waals surface area contributed by atoms with Crippen LogP contribution < -0.4 is 5.56 Å². The average Bonchev–Trinajstić information content (AvgIpc) is 2.82. The van der Waals surface area contributed by atoms with Crippen LogP contribution in [-0.2, 0) is 10.5 Å². The van der Waals surface area contributed by atoms with E-state index in [-0.39, 0.29) is 11.5 Å². The van der Waals surface area contributed by atoms with Crippen LogP contribution in [0.3, 0.4) is 0 Å². The van der Waals surface area contributed by atoms with Crippen LogP contribution >= 0.6 is 23.1 Å². The molecule has 0 saturated heterocycles. The zero-order valence-corrected chi connectivity index (χ0v) is 16.4. The Morgan fingerprint density at radius 1 is 1.25 bits per heavy atom. The summed E-state index contributed by atoms with van der Waals surface area (Å²) in [6.07, 6.45) is 1.94. The molecule has 0 aliphatic rings. The lowest BCUT2D eigenvalue weighted by Crippen LogP contribution is -2.33. The summed E-state index contributed by atoms with van der Waals surface area (Å²) in [5.74, 6) is 1.77. The van der Waals surface area contributed by atoms with Crippen LogP contribution in [0.15, 0.2) is 4.79 Å². The van der Waals surface area contributed by atoms with E-state index >= 15 is 0 Å². The summed E-state index contributed by atoms with van der Waals surface area (Å²) >= 11 is 3.05. The van der Waals surface area contributed by atoms with Crippen LogP contribution in [-0.4, -0.2) is 39.6 Å². The fourth-order valence-corrected chi connectivity index (χ4v) is 4.43. The van der Waals surface area contributed by atoms with Crippen molar-refractivity contribution in [3.8, 4) is 0 Å². The fourth-order valence-electron chi connectivity index (χ4n) is 2.59. The zero-order chi connectivity index (χ0) is 17.7. The average molecular weight is 368 g/mol. The molecule has 132 valence electrons. The Hall–Kier alpha value is -1.34. The van der Waals surface area contributed by atoms with Crippen LogP contribution in [0.4, 0.5) is 0 Å². The van der Waals surface area contributed by atoms with Gasteiger partial charge in [0.1, 0.15) is 10.7 Å².